The van der Waals surface area contributed by atoms with E-state index >= 15 is 0 Å². The van der Waals surface area contributed by atoms with Crippen LogP contribution in [0, 0.1) is 0 Å². The highest BCUT2D eigenvalue weighted by molar-refractivity contribution is 7.81. The van der Waals surface area contributed by atoms with Crippen molar-refractivity contribution in [2.45, 2.75) is 25.8 Å². The second kappa shape index (κ2) is 2.35. The summed E-state index contributed by atoms with van der Waals surface area (Å²) < 4.78 is 0. The van der Waals surface area contributed by atoms with Crippen LogP contribution in [0.3, 0.4) is 0 Å². The van der Waals surface area contributed by atoms with Gasteiger partial charge in [-0.2, -0.15) is 0 Å². The van der Waals surface area contributed by atoms with Crippen LogP contribution in [0.25, 0.3) is 0 Å². The number of thiocarbonyl (C=S) groups is 1. The molecule has 8 heavy (non-hydrogen) atoms. The number of aliphatic imine (C=N–C) groups is 1. The van der Waals surface area contributed by atoms with Gasteiger partial charge in [0.1, 0.15) is 0 Å². The lowest BCUT2D eigenvalue weighted by Crippen LogP contribution is -2.11. The lowest BCUT2D eigenvalue weighted by Gasteiger charge is -2.09. The van der Waals surface area contributed by atoms with Crippen molar-refractivity contribution in [2.24, 2.45) is 4.99 Å². The molecule has 0 aromatic heterocycles. The van der Waals surface area contributed by atoms with Crippen LogP contribution in [-0.2, 0) is 0 Å². The van der Waals surface area contributed by atoms with Crippen molar-refractivity contribution in [3.05, 3.63) is 0 Å². The average Bonchev–Trinajstić information content (AvgIpc) is 1.77. The first-order chi connectivity index (χ1) is 3.79. The van der Waals surface area contributed by atoms with Crippen molar-refractivity contribution >= 4 is 23.3 Å². The minimum absolute atomic E-state index is 0.502. The Balaban J connectivity index is 2.55. The maximum atomic E-state index is 4.91. The maximum Gasteiger partial charge on any atom is 0.0475 e. The quantitative estimate of drug-likeness (QED) is 0.450. The fourth-order valence-corrected chi connectivity index (χ4v) is 0.879. The number of hydrogen-bond donors (Lipinski definition) is 0. The Morgan fingerprint density at radius 2 is 2.62 bits per heavy atom. The summed E-state index contributed by atoms with van der Waals surface area (Å²) in [6.07, 6.45) is 4.00. The van der Waals surface area contributed by atoms with Crippen LogP contribution < -0.4 is 0 Å². The van der Waals surface area contributed by atoms with Gasteiger partial charge in [-0.15, -0.1) is 0 Å². The van der Waals surface area contributed by atoms with E-state index in [0.29, 0.717) is 6.04 Å². The van der Waals surface area contributed by atoms with E-state index in [4.69, 9.17) is 12.2 Å². The minimum atomic E-state index is 0.502. The van der Waals surface area contributed by atoms with E-state index in [-0.39, 0.29) is 0 Å². The molecule has 0 amide bonds. The van der Waals surface area contributed by atoms with E-state index in [1.54, 1.807) is 0 Å². The van der Waals surface area contributed by atoms with E-state index in [1.807, 2.05) is 6.21 Å². The van der Waals surface area contributed by atoms with Crippen molar-refractivity contribution in [3.8, 4) is 0 Å². The van der Waals surface area contributed by atoms with Crippen molar-refractivity contribution < 1.29 is 0 Å². The van der Waals surface area contributed by atoms with Gasteiger partial charge in [-0.05, 0) is 19.8 Å². The first kappa shape index (κ1) is 5.89. The van der Waals surface area contributed by atoms with Gasteiger partial charge in [0, 0.05) is 17.1 Å². The molecular weight excluding hydrogens is 118 g/mol. The van der Waals surface area contributed by atoms with Gasteiger partial charge >= 0.3 is 0 Å². The molecule has 44 valence electrons. The van der Waals surface area contributed by atoms with Gasteiger partial charge in [0.15, 0.2) is 0 Å². The van der Waals surface area contributed by atoms with Crippen molar-refractivity contribution in [2.75, 3.05) is 0 Å². The first-order valence-corrected chi connectivity index (χ1v) is 3.26. The molecule has 0 radical (unpaired) electrons. The topological polar surface area (TPSA) is 12.4 Å². The van der Waals surface area contributed by atoms with Crippen LogP contribution >= 0.6 is 12.2 Å². The van der Waals surface area contributed by atoms with E-state index < -0.39 is 0 Å². The Hall–Kier alpha value is -0.240. The molecule has 0 saturated carbocycles. The summed E-state index contributed by atoms with van der Waals surface area (Å²) in [5.41, 5.74) is 0. The normalized spacial score (nSPS) is 28.6. The fourth-order valence-electron chi connectivity index (χ4n) is 0.701. The van der Waals surface area contributed by atoms with Crippen molar-refractivity contribution in [1.82, 2.24) is 0 Å². The highest BCUT2D eigenvalue weighted by Crippen LogP contribution is 2.06. The standard InChI is InChI=1S/C6H9NS/c1-5-2-3-6(8)4-7-5/h4-5H,2-3H2,1H3. The summed E-state index contributed by atoms with van der Waals surface area (Å²) in [7, 11) is 0. The van der Waals surface area contributed by atoms with Crippen LogP contribution in [0.2, 0.25) is 0 Å². The van der Waals surface area contributed by atoms with Gasteiger partial charge in [0.2, 0.25) is 0 Å². The largest absolute Gasteiger partial charge is 0.289 e. The molecule has 1 nitrogen and oxygen atoms in total. The highest BCUT2D eigenvalue weighted by atomic mass is 32.1. The molecule has 1 aliphatic rings. The van der Waals surface area contributed by atoms with Gasteiger partial charge in [-0.3, -0.25) is 4.99 Å². The van der Waals surface area contributed by atoms with Gasteiger partial charge in [0.25, 0.3) is 0 Å². The van der Waals surface area contributed by atoms with E-state index in [1.165, 1.54) is 0 Å². The average molecular weight is 127 g/mol. The summed E-state index contributed by atoms with van der Waals surface area (Å²) in [4.78, 5) is 5.15. The van der Waals surface area contributed by atoms with Crippen LogP contribution in [0.15, 0.2) is 4.99 Å². The Labute approximate surface area is 54.8 Å². The third kappa shape index (κ3) is 1.37. The van der Waals surface area contributed by atoms with E-state index in [9.17, 15) is 0 Å². The summed E-state index contributed by atoms with van der Waals surface area (Å²) in [6.45, 7) is 2.11. The summed E-state index contributed by atoms with van der Waals surface area (Å²) in [5.74, 6) is 0. The molecule has 1 aliphatic heterocycles. The second-order valence-electron chi connectivity index (χ2n) is 2.13. The third-order valence-electron chi connectivity index (χ3n) is 1.28. The van der Waals surface area contributed by atoms with E-state index in [2.05, 4.69) is 11.9 Å². The highest BCUT2D eigenvalue weighted by Gasteiger charge is 2.04. The molecule has 0 N–H and O–H groups in total. The SMILES string of the molecule is CC1CCC(=S)C=N1. The van der Waals surface area contributed by atoms with Crippen LogP contribution in [0.4, 0.5) is 0 Å². The predicted molar refractivity (Wildman–Crippen MR) is 39.8 cm³/mol. The van der Waals surface area contributed by atoms with E-state index in [0.717, 1.165) is 17.7 Å². The van der Waals surface area contributed by atoms with Gasteiger partial charge in [0.05, 0.1) is 0 Å². The fraction of sp³-hybridized carbons (Fsp3) is 0.667. The van der Waals surface area contributed by atoms with Crippen LogP contribution in [0.5, 0.6) is 0 Å². The zero-order chi connectivity index (χ0) is 5.98. The molecule has 0 aromatic rings. The molecule has 0 fully saturated rings. The molecule has 0 spiro atoms. The maximum absolute atomic E-state index is 4.91. The zero-order valence-electron chi connectivity index (χ0n) is 4.92. The smallest absolute Gasteiger partial charge is 0.0475 e. The predicted octanol–water partition coefficient (Wildman–Crippen LogP) is 1.61. The molecular formula is C6H9NS. The zero-order valence-corrected chi connectivity index (χ0v) is 5.74. The van der Waals surface area contributed by atoms with Gasteiger partial charge < -0.3 is 0 Å². The molecule has 0 saturated heterocycles. The Kier molecular flexibility index (Phi) is 1.73. The molecule has 1 rings (SSSR count). The molecule has 1 heterocycles. The molecule has 0 bridgehead atoms. The molecule has 2 heteroatoms. The third-order valence-corrected chi connectivity index (χ3v) is 1.59. The first-order valence-electron chi connectivity index (χ1n) is 2.85. The Morgan fingerprint density at radius 1 is 1.88 bits per heavy atom. The number of nitrogens with zero attached hydrogens (tertiary/aromatic N) is 1. The lowest BCUT2D eigenvalue weighted by atomic mass is 10.1. The van der Waals surface area contributed by atoms with Crippen molar-refractivity contribution in [1.29, 1.82) is 0 Å². The molecule has 1 unspecified atom stereocenters. The summed E-state index contributed by atoms with van der Waals surface area (Å²) >= 11 is 4.91. The Bertz CT molecular complexity index is 128. The summed E-state index contributed by atoms with van der Waals surface area (Å²) in [6, 6.07) is 0.502. The van der Waals surface area contributed by atoms with Gasteiger partial charge in [-0.25, -0.2) is 0 Å². The lowest BCUT2D eigenvalue weighted by molar-refractivity contribution is 0.687. The Morgan fingerprint density at radius 3 is 3.00 bits per heavy atom. The van der Waals surface area contributed by atoms with Crippen LogP contribution in [-0.4, -0.2) is 17.1 Å². The monoisotopic (exact) mass is 127 g/mol. The minimum Gasteiger partial charge on any atom is -0.289 e. The van der Waals surface area contributed by atoms with Gasteiger partial charge in [-0.1, -0.05) is 12.2 Å². The molecule has 1 atom stereocenters. The molecule has 0 aliphatic carbocycles. The van der Waals surface area contributed by atoms with Crippen molar-refractivity contribution in [3.63, 3.8) is 0 Å². The van der Waals surface area contributed by atoms with Crippen LogP contribution in [0.1, 0.15) is 19.8 Å². The second-order valence-corrected chi connectivity index (χ2v) is 2.66. The molecule has 0 aromatic carbocycles. The number of rotatable bonds is 0. The summed E-state index contributed by atoms with van der Waals surface area (Å²) in [5, 5.41) is 0. The number of hydrogen-bond acceptors (Lipinski definition) is 2.